The normalized spacial score (nSPS) is 15.6. The third-order valence-electron chi connectivity index (χ3n) is 5.44. The third-order valence-corrected chi connectivity index (χ3v) is 5.44. The number of aromatic amines is 1. The van der Waals surface area contributed by atoms with Crippen molar-refractivity contribution in [1.82, 2.24) is 9.88 Å². The zero-order chi connectivity index (χ0) is 19.5. The molecule has 0 spiro atoms. The Labute approximate surface area is 165 Å². The maximum atomic E-state index is 12.7. The molecule has 0 saturated carbocycles. The lowest BCUT2D eigenvalue weighted by atomic mass is 10.1. The summed E-state index contributed by atoms with van der Waals surface area (Å²) in [6.07, 6.45) is 1.97. The molecule has 6 heteroatoms. The van der Waals surface area contributed by atoms with Crippen molar-refractivity contribution in [2.75, 3.05) is 43.5 Å². The minimum absolute atomic E-state index is 0.00321. The van der Waals surface area contributed by atoms with Crippen LogP contribution < -0.4 is 10.2 Å². The van der Waals surface area contributed by atoms with Gasteiger partial charge in [-0.3, -0.25) is 0 Å². The number of H-pyrrole nitrogens is 1. The van der Waals surface area contributed by atoms with Crippen LogP contribution in [0.25, 0.3) is 10.9 Å². The van der Waals surface area contributed by atoms with Crippen molar-refractivity contribution in [2.45, 2.75) is 13.0 Å². The summed E-state index contributed by atoms with van der Waals surface area (Å²) in [5, 5.41) is 4.25. The first-order valence-electron chi connectivity index (χ1n) is 9.65. The van der Waals surface area contributed by atoms with E-state index < -0.39 is 0 Å². The molecule has 2 N–H and O–H groups in total. The topological polar surface area (TPSA) is 60.6 Å². The molecule has 1 aromatic heterocycles. The van der Waals surface area contributed by atoms with Crippen molar-refractivity contribution in [3.8, 4) is 0 Å². The van der Waals surface area contributed by atoms with E-state index in [0.29, 0.717) is 13.1 Å². The molecular weight excluding hydrogens is 352 g/mol. The van der Waals surface area contributed by atoms with Gasteiger partial charge in [0.1, 0.15) is 0 Å². The number of ether oxygens (including phenoxy) is 1. The number of fused-ring (bicyclic) bond motifs is 1. The van der Waals surface area contributed by atoms with Crippen LogP contribution in [0, 0.1) is 0 Å². The maximum absolute atomic E-state index is 12.7. The van der Waals surface area contributed by atoms with Crippen LogP contribution >= 0.6 is 0 Å². The Morgan fingerprint density at radius 2 is 1.89 bits per heavy atom. The number of urea groups is 1. The average Bonchev–Trinajstić information content (AvgIpc) is 3.22. The Hall–Kier alpha value is -2.99. The van der Waals surface area contributed by atoms with Gasteiger partial charge in [0.25, 0.3) is 0 Å². The van der Waals surface area contributed by atoms with Gasteiger partial charge in [-0.05, 0) is 42.8 Å². The number of anilines is 2. The van der Waals surface area contributed by atoms with Crippen LogP contribution in [0.2, 0.25) is 0 Å². The van der Waals surface area contributed by atoms with Crippen molar-refractivity contribution in [2.24, 2.45) is 0 Å². The van der Waals surface area contributed by atoms with E-state index in [4.69, 9.17) is 4.74 Å². The molecule has 2 heterocycles. The fraction of sp³-hybridized carbons (Fsp3) is 0.318. The number of nitrogens with zero attached hydrogens (tertiary/aromatic N) is 2. The van der Waals surface area contributed by atoms with Gasteiger partial charge < -0.3 is 24.8 Å². The number of benzene rings is 2. The molecule has 3 aromatic rings. The van der Waals surface area contributed by atoms with Crippen LogP contribution in [0.5, 0.6) is 0 Å². The largest absolute Gasteiger partial charge is 0.377 e. The second kappa shape index (κ2) is 7.94. The number of carbonyl (C=O) groups is 1. The predicted octanol–water partition coefficient (Wildman–Crippen LogP) is 4.23. The highest BCUT2D eigenvalue weighted by atomic mass is 16.5. The minimum atomic E-state index is -0.0540. The van der Waals surface area contributed by atoms with Crippen LogP contribution in [0.3, 0.4) is 0 Å². The molecular formula is C22H26N4O2. The smallest absolute Gasteiger partial charge is 0.321 e. The van der Waals surface area contributed by atoms with Crippen LogP contribution in [-0.2, 0) is 4.74 Å². The first-order valence-corrected chi connectivity index (χ1v) is 9.65. The molecule has 1 atom stereocenters. The van der Waals surface area contributed by atoms with Gasteiger partial charge in [0.05, 0.1) is 6.10 Å². The van der Waals surface area contributed by atoms with E-state index in [1.54, 1.807) is 7.11 Å². The number of rotatable bonds is 4. The summed E-state index contributed by atoms with van der Waals surface area (Å²) in [7, 11) is 1.68. The molecule has 0 bridgehead atoms. The fourth-order valence-corrected chi connectivity index (χ4v) is 3.70. The van der Waals surface area contributed by atoms with Gasteiger partial charge in [0.15, 0.2) is 0 Å². The minimum Gasteiger partial charge on any atom is -0.377 e. The summed E-state index contributed by atoms with van der Waals surface area (Å²) >= 11 is 0. The molecule has 0 aliphatic carbocycles. The van der Waals surface area contributed by atoms with E-state index in [0.717, 1.165) is 29.9 Å². The highest BCUT2D eigenvalue weighted by Gasteiger charge is 2.22. The molecule has 1 aliphatic heterocycles. The number of piperazine rings is 1. The van der Waals surface area contributed by atoms with Crippen molar-refractivity contribution in [3.63, 3.8) is 0 Å². The molecule has 1 unspecified atom stereocenters. The molecule has 2 aromatic carbocycles. The summed E-state index contributed by atoms with van der Waals surface area (Å²) < 4.78 is 5.36. The van der Waals surface area contributed by atoms with Gasteiger partial charge in [0.2, 0.25) is 0 Å². The molecule has 146 valence electrons. The molecule has 1 aliphatic rings. The zero-order valence-electron chi connectivity index (χ0n) is 16.3. The van der Waals surface area contributed by atoms with Gasteiger partial charge in [-0.15, -0.1) is 0 Å². The number of hydrogen-bond acceptors (Lipinski definition) is 3. The predicted molar refractivity (Wildman–Crippen MR) is 113 cm³/mol. The summed E-state index contributed by atoms with van der Waals surface area (Å²) in [4.78, 5) is 20.2. The third kappa shape index (κ3) is 3.68. The summed E-state index contributed by atoms with van der Waals surface area (Å²) in [6.45, 7) is 5.02. The Morgan fingerprint density at radius 3 is 2.68 bits per heavy atom. The van der Waals surface area contributed by atoms with E-state index in [-0.39, 0.29) is 12.1 Å². The van der Waals surface area contributed by atoms with Crippen molar-refractivity contribution >= 4 is 28.3 Å². The van der Waals surface area contributed by atoms with E-state index in [1.807, 2.05) is 42.3 Å². The Balaban J connectivity index is 1.39. The monoisotopic (exact) mass is 378 g/mol. The number of amides is 2. The Bertz CT molecular complexity index is 960. The molecule has 0 radical (unpaired) electrons. The first-order chi connectivity index (χ1) is 13.7. The van der Waals surface area contributed by atoms with Crippen molar-refractivity contribution < 1.29 is 9.53 Å². The van der Waals surface area contributed by atoms with Crippen LogP contribution in [0.15, 0.2) is 54.7 Å². The molecule has 6 nitrogen and oxygen atoms in total. The summed E-state index contributed by atoms with van der Waals surface area (Å²) in [6, 6.07) is 16.2. The number of carbonyl (C=O) groups excluding carboxylic acids is 1. The number of nitrogens with one attached hydrogen (secondary N) is 2. The number of methoxy groups -OCH3 is 1. The lowest BCUT2D eigenvalue weighted by molar-refractivity contribution is 0.119. The van der Waals surface area contributed by atoms with Crippen molar-refractivity contribution in [3.05, 3.63) is 60.3 Å². The lowest BCUT2D eigenvalue weighted by Gasteiger charge is -2.36. The summed E-state index contributed by atoms with van der Waals surface area (Å²) in [5.74, 6) is 0. The van der Waals surface area contributed by atoms with Gasteiger partial charge in [0, 0.05) is 61.8 Å². The molecule has 1 saturated heterocycles. The van der Waals surface area contributed by atoms with E-state index in [9.17, 15) is 4.79 Å². The zero-order valence-corrected chi connectivity index (χ0v) is 16.3. The van der Waals surface area contributed by atoms with Gasteiger partial charge in [-0.1, -0.05) is 18.2 Å². The Kier molecular flexibility index (Phi) is 5.21. The standard InChI is InChI=1S/C22H26N4O2/c1-16(28-2)17-5-3-6-18(15-17)24-22(27)26-13-11-25(12-14-26)21-8-4-7-20-19(21)9-10-23-20/h3-10,15-16,23H,11-14H2,1-2H3,(H,24,27). The van der Waals surface area contributed by atoms with E-state index in [1.165, 1.54) is 11.1 Å². The lowest BCUT2D eigenvalue weighted by Crippen LogP contribution is -2.50. The number of hydrogen-bond donors (Lipinski definition) is 2. The fourth-order valence-electron chi connectivity index (χ4n) is 3.70. The highest BCUT2D eigenvalue weighted by molar-refractivity contribution is 5.93. The first kappa shape index (κ1) is 18.4. The van der Waals surface area contributed by atoms with Crippen LogP contribution in [-0.4, -0.2) is 49.2 Å². The average molecular weight is 378 g/mol. The SMILES string of the molecule is COC(C)c1cccc(NC(=O)N2CCN(c3cccc4[nH]ccc34)CC2)c1. The quantitative estimate of drug-likeness (QED) is 0.714. The van der Waals surface area contributed by atoms with Gasteiger partial charge in [-0.2, -0.15) is 0 Å². The molecule has 1 fully saturated rings. The van der Waals surface area contributed by atoms with Gasteiger partial charge >= 0.3 is 6.03 Å². The second-order valence-electron chi connectivity index (χ2n) is 7.12. The summed E-state index contributed by atoms with van der Waals surface area (Å²) in [5.41, 5.74) is 4.21. The van der Waals surface area contributed by atoms with Crippen LogP contribution in [0.1, 0.15) is 18.6 Å². The maximum Gasteiger partial charge on any atom is 0.321 e. The van der Waals surface area contributed by atoms with E-state index in [2.05, 4.69) is 39.5 Å². The molecule has 2 amide bonds. The Morgan fingerprint density at radius 1 is 1.11 bits per heavy atom. The van der Waals surface area contributed by atoms with Crippen LogP contribution in [0.4, 0.5) is 16.2 Å². The second-order valence-corrected chi connectivity index (χ2v) is 7.12. The van der Waals surface area contributed by atoms with Crippen molar-refractivity contribution in [1.29, 1.82) is 0 Å². The highest BCUT2D eigenvalue weighted by Crippen LogP contribution is 2.27. The van der Waals surface area contributed by atoms with E-state index >= 15 is 0 Å². The molecule has 4 rings (SSSR count). The molecule has 28 heavy (non-hydrogen) atoms. The number of aromatic nitrogens is 1. The van der Waals surface area contributed by atoms with Gasteiger partial charge in [-0.25, -0.2) is 4.79 Å².